The lowest BCUT2D eigenvalue weighted by Gasteiger charge is -2.16. The molecule has 120 valence electrons. The molecule has 0 saturated heterocycles. The van der Waals surface area contributed by atoms with E-state index in [9.17, 15) is 26.0 Å². The second-order valence-electron chi connectivity index (χ2n) is 4.18. The van der Waals surface area contributed by atoms with Crippen LogP contribution in [0.5, 0.6) is 0 Å². The molecule has 4 nitrogen and oxygen atoms in total. The van der Waals surface area contributed by atoms with Gasteiger partial charge in [-0.05, 0) is 40.7 Å². The van der Waals surface area contributed by atoms with Gasteiger partial charge in [-0.15, -0.1) is 0 Å². The second kappa shape index (κ2) is 7.03. The number of alkyl halides is 4. The fourth-order valence-electron chi connectivity index (χ4n) is 1.42. The van der Waals surface area contributed by atoms with Crippen molar-refractivity contribution in [2.24, 2.45) is 0 Å². The van der Waals surface area contributed by atoms with Gasteiger partial charge in [-0.3, -0.25) is 0 Å². The molecule has 0 aliphatic rings. The van der Waals surface area contributed by atoms with E-state index in [0.29, 0.717) is 6.54 Å². The molecular formula is C11H13BrF4N2O2S. The number of hydrogen-bond acceptors (Lipinski definition) is 3. The van der Waals surface area contributed by atoms with E-state index in [1.165, 1.54) is 22.9 Å². The summed E-state index contributed by atoms with van der Waals surface area (Å²) >= 11 is 3.02. The zero-order valence-corrected chi connectivity index (χ0v) is 13.2. The van der Waals surface area contributed by atoms with E-state index in [-0.39, 0.29) is 9.37 Å². The maximum Gasteiger partial charge on any atom is 0.320 e. The van der Waals surface area contributed by atoms with Crippen LogP contribution in [0.3, 0.4) is 0 Å². The normalized spacial score (nSPS) is 12.9. The molecule has 0 heterocycles. The van der Waals surface area contributed by atoms with Gasteiger partial charge in [0, 0.05) is 11.0 Å². The summed E-state index contributed by atoms with van der Waals surface area (Å²) < 4.78 is 74.9. The molecule has 2 N–H and O–H groups in total. The average Bonchev–Trinajstić information content (AvgIpc) is 2.36. The summed E-state index contributed by atoms with van der Waals surface area (Å²) in [5.74, 6) is -4.42. The Bertz CT molecular complexity index is 596. The Balaban J connectivity index is 2.93. The minimum Gasteiger partial charge on any atom is -0.316 e. The summed E-state index contributed by atoms with van der Waals surface area (Å²) in [6, 6.07) is 4.19. The third-order valence-corrected chi connectivity index (χ3v) is 4.86. The van der Waals surface area contributed by atoms with Crippen LogP contribution < -0.4 is 10.0 Å². The molecule has 0 bridgehead atoms. The van der Waals surface area contributed by atoms with Crippen LogP contribution in [-0.2, 0) is 16.6 Å². The van der Waals surface area contributed by atoms with Crippen LogP contribution in [0.4, 0.5) is 17.6 Å². The zero-order valence-electron chi connectivity index (χ0n) is 10.8. The number of rotatable bonds is 7. The molecule has 0 amide bonds. The lowest BCUT2D eigenvalue weighted by Crippen LogP contribution is -2.41. The maximum atomic E-state index is 12.8. The first-order valence-electron chi connectivity index (χ1n) is 5.69. The summed E-state index contributed by atoms with van der Waals surface area (Å²) in [4.78, 5) is -0.299. The highest BCUT2D eigenvalue weighted by molar-refractivity contribution is 9.10. The van der Waals surface area contributed by atoms with E-state index in [4.69, 9.17) is 0 Å². The number of nitrogens with one attached hydrogen (secondary N) is 2. The predicted octanol–water partition coefficient (Wildman–Crippen LogP) is 2.35. The molecule has 0 fully saturated rings. The van der Waals surface area contributed by atoms with Crippen molar-refractivity contribution < 1.29 is 26.0 Å². The van der Waals surface area contributed by atoms with Gasteiger partial charge in [0.25, 0.3) is 0 Å². The van der Waals surface area contributed by atoms with E-state index >= 15 is 0 Å². The standard InChI is InChI=1S/C11H13BrF4N2O2S/c1-17-5-7-2-3-9(8(12)4-7)21(19,20)18-6-11(15,16)10(13)14/h2-4,10,17-18H,5-6H2,1H3. The van der Waals surface area contributed by atoms with Crippen LogP contribution in [-0.4, -0.2) is 34.4 Å². The largest absolute Gasteiger partial charge is 0.320 e. The third kappa shape index (κ3) is 4.90. The molecule has 0 unspecified atom stereocenters. The molecule has 0 aromatic heterocycles. The van der Waals surface area contributed by atoms with Gasteiger partial charge in [-0.25, -0.2) is 21.9 Å². The van der Waals surface area contributed by atoms with Crippen molar-refractivity contribution in [3.63, 3.8) is 0 Å². The molecule has 0 radical (unpaired) electrons. The van der Waals surface area contributed by atoms with Crippen molar-refractivity contribution in [3.05, 3.63) is 28.2 Å². The fraction of sp³-hybridized carbons (Fsp3) is 0.455. The highest BCUT2D eigenvalue weighted by Gasteiger charge is 2.41. The van der Waals surface area contributed by atoms with E-state index in [1.54, 1.807) is 7.05 Å². The van der Waals surface area contributed by atoms with Gasteiger partial charge in [0.05, 0.1) is 11.4 Å². The van der Waals surface area contributed by atoms with E-state index < -0.39 is 28.9 Å². The Morgan fingerprint density at radius 3 is 2.43 bits per heavy atom. The first-order chi connectivity index (χ1) is 9.60. The minimum atomic E-state index is -4.42. The average molecular weight is 393 g/mol. The van der Waals surface area contributed by atoms with Crippen molar-refractivity contribution in [1.82, 2.24) is 10.0 Å². The van der Waals surface area contributed by atoms with Gasteiger partial charge < -0.3 is 5.32 Å². The van der Waals surface area contributed by atoms with Gasteiger partial charge in [-0.1, -0.05) is 6.07 Å². The molecule has 21 heavy (non-hydrogen) atoms. The van der Waals surface area contributed by atoms with Crippen LogP contribution in [0, 0.1) is 0 Å². The number of sulfonamides is 1. The first-order valence-corrected chi connectivity index (χ1v) is 7.96. The zero-order chi connectivity index (χ0) is 16.3. The molecule has 0 aliphatic carbocycles. The summed E-state index contributed by atoms with van der Waals surface area (Å²) in [5.41, 5.74) is 0.765. The van der Waals surface area contributed by atoms with Crippen LogP contribution >= 0.6 is 15.9 Å². The topological polar surface area (TPSA) is 58.2 Å². The van der Waals surface area contributed by atoms with Crippen LogP contribution in [0.15, 0.2) is 27.6 Å². The van der Waals surface area contributed by atoms with E-state index in [1.807, 2.05) is 0 Å². The lowest BCUT2D eigenvalue weighted by molar-refractivity contribution is -0.122. The van der Waals surface area contributed by atoms with Crippen molar-refractivity contribution >= 4 is 26.0 Å². The molecule has 0 spiro atoms. The molecule has 0 atom stereocenters. The van der Waals surface area contributed by atoms with Crippen molar-refractivity contribution in [3.8, 4) is 0 Å². The number of benzene rings is 1. The number of hydrogen-bond donors (Lipinski definition) is 2. The van der Waals surface area contributed by atoms with Crippen LogP contribution in [0.1, 0.15) is 5.56 Å². The smallest absolute Gasteiger partial charge is 0.316 e. The predicted molar refractivity (Wildman–Crippen MR) is 73.0 cm³/mol. The van der Waals surface area contributed by atoms with Gasteiger partial charge in [0.1, 0.15) is 0 Å². The molecule has 0 aliphatic heterocycles. The quantitative estimate of drug-likeness (QED) is 0.700. The first kappa shape index (κ1) is 18.3. The van der Waals surface area contributed by atoms with Crippen molar-refractivity contribution in [2.45, 2.75) is 23.8 Å². The van der Waals surface area contributed by atoms with Gasteiger partial charge in [0.2, 0.25) is 10.0 Å². The van der Waals surface area contributed by atoms with Crippen molar-refractivity contribution in [1.29, 1.82) is 0 Å². The minimum absolute atomic E-state index is 0.156. The molecule has 10 heteroatoms. The molecule has 1 aromatic rings. The summed E-state index contributed by atoms with van der Waals surface area (Å²) in [5, 5.41) is 2.86. The van der Waals surface area contributed by atoms with Gasteiger partial charge >= 0.3 is 12.3 Å². The van der Waals surface area contributed by atoms with Crippen LogP contribution in [0.25, 0.3) is 0 Å². The monoisotopic (exact) mass is 392 g/mol. The van der Waals surface area contributed by atoms with Gasteiger partial charge in [-0.2, -0.15) is 8.78 Å². The Hall–Kier alpha value is -0.710. The van der Waals surface area contributed by atoms with Crippen LogP contribution in [0.2, 0.25) is 0 Å². The summed E-state index contributed by atoms with van der Waals surface area (Å²) in [6.45, 7) is -1.19. The molecular weight excluding hydrogens is 380 g/mol. The summed E-state index contributed by atoms with van der Waals surface area (Å²) in [6.07, 6.45) is -3.94. The maximum absolute atomic E-state index is 12.8. The van der Waals surface area contributed by atoms with Gasteiger partial charge in [0.15, 0.2) is 0 Å². The molecule has 0 saturated carbocycles. The molecule has 1 aromatic carbocycles. The summed E-state index contributed by atoms with van der Waals surface area (Å²) in [7, 11) is -2.62. The second-order valence-corrected chi connectivity index (χ2v) is 6.77. The Kier molecular flexibility index (Phi) is 6.14. The Labute approximate surface area is 128 Å². The third-order valence-electron chi connectivity index (χ3n) is 2.48. The van der Waals surface area contributed by atoms with E-state index in [2.05, 4.69) is 21.2 Å². The lowest BCUT2D eigenvalue weighted by atomic mass is 10.2. The Morgan fingerprint density at radius 2 is 1.95 bits per heavy atom. The molecule has 1 rings (SSSR count). The Morgan fingerprint density at radius 1 is 1.33 bits per heavy atom. The highest BCUT2D eigenvalue weighted by Crippen LogP contribution is 2.25. The fourth-order valence-corrected chi connectivity index (χ4v) is 3.59. The van der Waals surface area contributed by atoms with Crippen molar-refractivity contribution in [2.75, 3.05) is 13.6 Å². The van der Waals surface area contributed by atoms with E-state index in [0.717, 1.165) is 5.56 Å². The number of halogens is 5. The highest BCUT2D eigenvalue weighted by atomic mass is 79.9. The SMILES string of the molecule is CNCc1ccc(S(=O)(=O)NCC(F)(F)C(F)F)c(Br)c1.